The van der Waals surface area contributed by atoms with Crippen molar-refractivity contribution in [2.24, 2.45) is 0 Å². The van der Waals surface area contributed by atoms with E-state index in [1.54, 1.807) is 0 Å². The Bertz CT molecular complexity index is 2450. The van der Waals surface area contributed by atoms with E-state index in [0.29, 0.717) is 0 Å². The lowest BCUT2D eigenvalue weighted by Crippen LogP contribution is -2.50. The summed E-state index contributed by atoms with van der Waals surface area (Å²) in [4.78, 5) is 0. The van der Waals surface area contributed by atoms with Gasteiger partial charge in [-0.2, -0.15) is 0 Å². The molecule has 0 aromatic heterocycles. The van der Waals surface area contributed by atoms with E-state index >= 15 is 0 Å². The van der Waals surface area contributed by atoms with Gasteiger partial charge < -0.3 is 0 Å². The van der Waals surface area contributed by atoms with Gasteiger partial charge in [-0.15, -0.1) is 21.9 Å². The van der Waals surface area contributed by atoms with Crippen molar-refractivity contribution in [2.45, 2.75) is 19.3 Å². The molecular formula is C41H38B8. The molecule has 0 unspecified atom stereocenters. The summed E-state index contributed by atoms with van der Waals surface area (Å²) in [5.74, 6) is 0. The Morgan fingerprint density at radius 3 is 1.27 bits per heavy atom. The van der Waals surface area contributed by atoms with Crippen molar-refractivity contribution >= 4 is 128 Å². The molecule has 226 valence electrons. The third-order valence-electron chi connectivity index (χ3n) is 12.5. The quantitative estimate of drug-likeness (QED) is 0.151. The first-order valence-electron chi connectivity index (χ1n) is 17.8. The van der Waals surface area contributed by atoms with E-state index in [-0.39, 0.29) is 5.41 Å². The largest absolute Gasteiger partial charge is 0.139 e. The minimum absolute atomic E-state index is 0.0666. The van der Waals surface area contributed by atoms with Gasteiger partial charge in [0.25, 0.3) is 0 Å². The summed E-state index contributed by atoms with van der Waals surface area (Å²) < 4.78 is 0. The van der Waals surface area contributed by atoms with E-state index in [9.17, 15) is 0 Å². The second-order valence-electron chi connectivity index (χ2n) is 15.1. The van der Waals surface area contributed by atoms with Gasteiger partial charge in [0.15, 0.2) is 0 Å². The normalized spacial score (nSPS) is 13.1. The van der Waals surface area contributed by atoms with Crippen LogP contribution in [-0.2, 0) is 5.41 Å². The average Bonchev–Trinajstić information content (AvgIpc) is 3.36. The molecule has 0 heterocycles. The van der Waals surface area contributed by atoms with Crippen molar-refractivity contribution in [1.29, 1.82) is 0 Å². The highest BCUT2D eigenvalue weighted by atomic mass is 14.4. The van der Waals surface area contributed by atoms with Gasteiger partial charge in [-0.25, -0.2) is 0 Å². The Labute approximate surface area is 298 Å². The van der Waals surface area contributed by atoms with E-state index < -0.39 is 0 Å². The molecule has 8 heteroatoms. The van der Waals surface area contributed by atoms with Crippen LogP contribution in [0.4, 0.5) is 0 Å². The SMILES string of the molecule is Bc1c(B)c(B)c2c(-c3ccc4c(c3)C(C)(C)c3ccccc3-4)c3c(B)c(B)c(B)c(B)c3c(-c3ccc(-c4ccccc4)cc3)c2c1B. The third kappa shape index (κ3) is 4.49. The van der Waals surface area contributed by atoms with Crippen LogP contribution in [0.3, 0.4) is 0 Å². The Kier molecular flexibility index (Phi) is 7.35. The number of hydrogen-bond acceptors (Lipinski definition) is 0. The fourth-order valence-corrected chi connectivity index (χ4v) is 9.02. The molecule has 0 saturated heterocycles. The smallest absolute Gasteiger partial charge is 0.101 e. The summed E-state index contributed by atoms with van der Waals surface area (Å²) in [5.41, 5.74) is 24.5. The average molecular weight is 617 g/mol. The van der Waals surface area contributed by atoms with Crippen LogP contribution in [0.25, 0.3) is 66.1 Å². The Hall–Kier alpha value is -4.42. The van der Waals surface area contributed by atoms with Crippen LogP contribution < -0.4 is 43.7 Å². The molecule has 0 amide bonds. The summed E-state index contributed by atoms with van der Waals surface area (Å²) in [6.45, 7) is 4.79. The maximum Gasteiger partial charge on any atom is 0.139 e. The molecule has 0 radical (unpaired) electrons. The van der Waals surface area contributed by atoms with Crippen molar-refractivity contribution < 1.29 is 0 Å². The van der Waals surface area contributed by atoms with Gasteiger partial charge in [0, 0.05) is 5.41 Å². The minimum Gasteiger partial charge on any atom is -0.101 e. The Balaban J connectivity index is 1.55. The van der Waals surface area contributed by atoms with E-state index in [4.69, 9.17) is 0 Å². The summed E-state index contributed by atoms with van der Waals surface area (Å²) >= 11 is 0. The van der Waals surface area contributed by atoms with Crippen molar-refractivity contribution in [3.8, 4) is 44.5 Å². The zero-order valence-electron chi connectivity index (χ0n) is 30.7. The van der Waals surface area contributed by atoms with Crippen LogP contribution in [0.1, 0.15) is 25.0 Å². The predicted molar refractivity (Wildman–Crippen MR) is 241 cm³/mol. The van der Waals surface area contributed by atoms with Gasteiger partial charge in [0.2, 0.25) is 0 Å². The molecule has 0 atom stereocenters. The maximum absolute atomic E-state index is 2.53. The molecule has 0 saturated carbocycles. The number of hydrogen-bond donors (Lipinski definition) is 0. The molecule has 7 aromatic rings. The lowest BCUT2D eigenvalue weighted by Gasteiger charge is -2.29. The fraction of sp³-hybridized carbons (Fsp3) is 0.0732. The van der Waals surface area contributed by atoms with Gasteiger partial charge in [-0.3, -0.25) is 0 Å². The minimum atomic E-state index is -0.0666. The molecule has 0 bridgehead atoms. The van der Waals surface area contributed by atoms with E-state index in [1.807, 2.05) is 0 Å². The molecule has 0 N–H and O–H groups in total. The van der Waals surface area contributed by atoms with Crippen molar-refractivity contribution in [3.05, 3.63) is 108 Å². The van der Waals surface area contributed by atoms with Crippen molar-refractivity contribution in [1.82, 2.24) is 0 Å². The summed E-state index contributed by atoms with van der Waals surface area (Å²) in [6.07, 6.45) is 0. The molecular weight excluding hydrogens is 579 g/mol. The summed E-state index contributed by atoms with van der Waals surface area (Å²) in [7, 11) is 18.7. The third-order valence-corrected chi connectivity index (χ3v) is 12.5. The molecule has 0 aliphatic heterocycles. The van der Waals surface area contributed by atoms with Crippen LogP contribution in [0, 0.1) is 0 Å². The van der Waals surface area contributed by atoms with Crippen LogP contribution in [-0.4, -0.2) is 62.8 Å². The molecule has 49 heavy (non-hydrogen) atoms. The molecule has 1 aliphatic rings. The zero-order valence-corrected chi connectivity index (χ0v) is 30.7. The second kappa shape index (κ2) is 11.3. The molecule has 0 nitrogen and oxygen atoms in total. The number of rotatable bonds is 3. The Morgan fingerprint density at radius 1 is 0.347 bits per heavy atom. The molecule has 0 spiro atoms. The number of fused-ring (bicyclic) bond motifs is 5. The first-order chi connectivity index (χ1) is 23.4. The first kappa shape index (κ1) is 31.8. The molecule has 8 rings (SSSR count). The van der Waals surface area contributed by atoms with Crippen molar-refractivity contribution in [3.63, 3.8) is 0 Å². The van der Waals surface area contributed by atoms with E-state index in [0.717, 1.165) is 0 Å². The highest BCUT2D eigenvalue weighted by Crippen LogP contribution is 2.50. The van der Waals surface area contributed by atoms with Gasteiger partial charge in [0.1, 0.15) is 62.8 Å². The van der Waals surface area contributed by atoms with Crippen LogP contribution in [0.2, 0.25) is 0 Å². The van der Waals surface area contributed by atoms with Gasteiger partial charge in [-0.05, 0) is 83.2 Å². The van der Waals surface area contributed by atoms with Gasteiger partial charge in [-0.1, -0.05) is 127 Å². The highest BCUT2D eigenvalue weighted by molar-refractivity contribution is 6.71. The maximum atomic E-state index is 2.53. The highest BCUT2D eigenvalue weighted by Gasteiger charge is 2.36. The van der Waals surface area contributed by atoms with Gasteiger partial charge >= 0.3 is 0 Å². The zero-order chi connectivity index (χ0) is 34.5. The monoisotopic (exact) mass is 618 g/mol. The van der Waals surface area contributed by atoms with E-state index in [2.05, 4.69) is 174 Å². The first-order valence-corrected chi connectivity index (χ1v) is 17.8. The molecule has 0 fully saturated rings. The van der Waals surface area contributed by atoms with Crippen molar-refractivity contribution in [2.75, 3.05) is 0 Å². The molecule has 7 aromatic carbocycles. The van der Waals surface area contributed by atoms with Gasteiger partial charge in [0.05, 0.1) is 0 Å². The Morgan fingerprint density at radius 2 is 0.735 bits per heavy atom. The standard InChI is InChI=1S/C41H38B8/c1-41(2)25-11-7-6-10-23(25)24-17-16-22(18-26(24)41)28-31-29(33(42)37(46)39(48)35(31)44)27(30-32(28)36(45)40(49)38(47)34(30)43)21-14-12-20(13-15-21)19-8-4-3-5-9-19/h3-18H,42-49H2,1-2H3. The van der Waals surface area contributed by atoms with Crippen LogP contribution in [0.15, 0.2) is 97.1 Å². The fourth-order valence-electron chi connectivity index (χ4n) is 9.02. The number of benzene rings is 7. The second-order valence-corrected chi connectivity index (χ2v) is 15.1. The van der Waals surface area contributed by atoms with Crippen LogP contribution in [0.5, 0.6) is 0 Å². The lowest BCUT2D eigenvalue weighted by molar-refractivity contribution is 0.660. The molecule has 1 aliphatic carbocycles. The topological polar surface area (TPSA) is 0 Å². The summed E-state index contributed by atoms with van der Waals surface area (Å²) in [5, 5.41) is 5.58. The summed E-state index contributed by atoms with van der Waals surface area (Å²) in [6, 6.07) is 36.4. The lowest BCUT2D eigenvalue weighted by atomic mass is 9.59. The van der Waals surface area contributed by atoms with Crippen LogP contribution >= 0.6 is 0 Å². The predicted octanol–water partition coefficient (Wildman–Crippen LogP) is -2.63. The van der Waals surface area contributed by atoms with E-state index in [1.165, 1.54) is 121 Å².